The van der Waals surface area contributed by atoms with Crippen LogP contribution in [0.2, 0.25) is 0 Å². The van der Waals surface area contributed by atoms with Crippen molar-refractivity contribution < 1.29 is 45.6 Å². The summed E-state index contributed by atoms with van der Waals surface area (Å²) >= 11 is 0. The summed E-state index contributed by atoms with van der Waals surface area (Å²) in [6.45, 7) is 6.90. The van der Waals surface area contributed by atoms with Crippen molar-refractivity contribution in [2.45, 2.75) is 33.2 Å². The molecule has 0 aliphatic rings. The molecule has 0 atom stereocenters. The maximum atomic E-state index is 10.7. The average Bonchev–Trinajstić information content (AvgIpc) is 3.26. The first kappa shape index (κ1) is 55.4. The van der Waals surface area contributed by atoms with Crippen LogP contribution in [0.5, 0.6) is 0 Å². The normalized spacial score (nSPS) is 10.5. The van der Waals surface area contributed by atoms with E-state index < -0.39 is 39.4 Å². The molecule has 0 saturated carbocycles. The minimum Gasteiger partial charge on any atom is -0.741 e. The molecule has 14 heteroatoms. The Bertz CT molecular complexity index is 2000. The van der Waals surface area contributed by atoms with Gasteiger partial charge in [-0.3, -0.25) is 0 Å². The van der Waals surface area contributed by atoms with Crippen LogP contribution in [0.3, 0.4) is 0 Å². The van der Waals surface area contributed by atoms with Crippen LogP contribution in [0, 0.1) is 39.4 Å². The predicted molar refractivity (Wildman–Crippen MR) is 250 cm³/mol. The molecule has 0 aliphatic carbocycles. The smallest absolute Gasteiger partial charge is 0.485 e. The summed E-state index contributed by atoms with van der Waals surface area (Å²) in [6.07, 6.45) is 3.44. The van der Waals surface area contributed by atoms with Crippen molar-refractivity contribution in [2.75, 3.05) is 18.5 Å². The minimum atomic E-state index is -6.09. The van der Waals surface area contributed by atoms with Gasteiger partial charge in [0.15, 0.2) is 10.1 Å². The first-order chi connectivity index (χ1) is 29.2. The van der Waals surface area contributed by atoms with Crippen LogP contribution in [0.15, 0.2) is 182 Å². The van der Waals surface area contributed by atoms with Crippen LogP contribution in [0.4, 0.5) is 13.2 Å². The zero-order chi connectivity index (χ0) is 45.2. The molecular formula is C48H48F3N3O3P3RhS-. The fourth-order valence-corrected chi connectivity index (χ4v) is 14.6. The standard InChI is InChI=1S/C41H39P3.3C2H3N.CHF3O3S.Rh/c1-41(32-42(35-20-8-2-9-21-35)36-22-10-3-11-23-36,33-43(37-24-12-4-13-25-37)38-26-14-5-15-27-38)34-44(39-28-16-6-17-29-39)40-30-18-7-19-31-40;3*1-2-3;2-1(3,4)8(5,6)7;/h2-31H,32-34H2,1H3;3*1H3;(H,5,6,7);/p-1. The second-order valence-corrected chi connectivity index (χ2v) is 21.1. The number of alkyl halides is 3. The third-order valence-corrected chi connectivity index (χ3v) is 17.6. The SMILES string of the molecule is CC#N.CC#N.CC#N.CC(CP(c1ccccc1)c1ccccc1)(CP(c1ccccc1)c1ccccc1)CP(c1ccccc1)c1ccccc1.O=S(=O)([O-])C(F)(F)F.[Rh]. The Morgan fingerprint density at radius 1 is 0.452 bits per heavy atom. The molecule has 1 radical (unpaired) electrons. The molecule has 0 saturated heterocycles. The van der Waals surface area contributed by atoms with Crippen molar-refractivity contribution in [1.29, 1.82) is 15.8 Å². The summed E-state index contributed by atoms with van der Waals surface area (Å²) in [6, 6.07) is 73.0. The molecule has 0 fully saturated rings. The van der Waals surface area contributed by atoms with Gasteiger partial charge in [0.2, 0.25) is 0 Å². The van der Waals surface area contributed by atoms with Crippen LogP contribution in [0.25, 0.3) is 0 Å². The van der Waals surface area contributed by atoms with Crippen LogP contribution in [0.1, 0.15) is 27.7 Å². The van der Waals surface area contributed by atoms with Crippen LogP contribution in [-0.2, 0) is 29.6 Å². The molecule has 0 amide bonds. The molecule has 0 spiro atoms. The number of halogens is 3. The van der Waals surface area contributed by atoms with Crippen LogP contribution in [-0.4, -0.2) is 37.0 Å². The molecule has 62 heavy (non-hydrogen) atoms. The molecular weight excluding hydrogens is 951 g/mol. The Labute approximate surface area is 382 Å². The Morgan fingerprint density at radius 3 is 0.694 bits per heavy atom. The molecule has 0 bridgehead atoms. The zero-order valence-corrected chi connectivity index (χ0v) is 39.9. The zero-order valence-electron chi connectivity index (χ0n) is 34.7. The molecule has 6 rings (SSSR count). The molecule has 0 N–H and O–H groups in total. The topological polar surface area (TPSA) is 129 Å². The first-order valence-electron chi connectivity index (χ1n) is 18.8. The van der Waals surface area contributed by atoms with E-state index >= 15 is 0 Å². The van der Waals surface area contributed by atoms with Gasteiger partial charge in [0.25, 0.3) is 0 Å². The van der Waals surface area contributed by atoms with Crippen LogP contribution < -0.4 is 31.8 Å². The van der Waals surface area contributed by atoms with Gasteiger partial charge in [0.1, 0.15) is 0 Å². The van der Waals surface area contributed by atoms with Gasteiger partial charge in [-0.15, -0.1) is 0 Å². The largest absolute Gasteiger partial charge is 0.741 e. The van der Waals surface area contributed by atoms with Crippen molar-refractivity contribution in [2.24, 2.45) is 5.41 Å². The fourth-order valence-electron chi connectivity index (χ4n) is 5.94. The summed E-state index contributed by atoms with van der Waals surface area (Å²) in [5.74, 6) is 0. The van der Waals surface area contributed by atoms with E-state index in [-0.39, 0.29) is 24.9 Å². The summed E-state index contributed by atoms with van der Waals surface area (Å²) in [5.41, 5.74) is -5.57. The van der Waals surface area contributed by atoms with E-state index in [1.165, 1.54) is 52.6 Å². The van der Waals surface area contributed by atoms with E-state index in [1.807, 2.05) is 0 Å². The summed E-state index contributed by atoms with van der Waals surface area (Å²) in [5, 5.41) is 30.7. The molecule has 0 aliphatic heterocycles. The minimum absolute atomic E-state index is 0. The maximum Gasteiger partial charge on any atom is 0.485 e. The van der Waals surface area contributed by atoms with Gasteiger partial charge in [0, 0.05) is 40.2 Å². The Hall–Kier alpha value is -4.60. The van der Waals surface area contributed by atoms with Gasteiger partial charge >= 0.3 is 5.51 Å². The van der Waals surface area contributed by atoms with E-state index in [0.29, 0.717) is 0 Å². The van der Waals surface area contributed by atoms with Crippen molar-refractivity contribution >= 4 is 65.7 Å². The number of benzene rings is 6. The van der Waals surface area contributed by atoms with Crippen molar-refractivity contribution in [3.05, 3.63) is 182 Å². The Balaban J connectivity index is 0.000000916. The molecule has 6 aromatic carbocycles. The number of nitriles is 3. The summed E-state index contributed by atoms with van der Waals surface area (Å²) < 4.78 is 58.9. The summed E-state index contributed by atoms with van der Waals surface area (Å²) in [4.78, 5) is 0. The second kappa shape index (κ2) is 29.7. The number of rotatable bonds is 12. The Morgan fingerprint density at radius 2 is 0.581 bits per heavy atom. The molecule has 0 unspecified atom stereocenters. The average molecular weight is 1000 g/mol. The van der Waals surface area contributed by atoms with Gasteiger partial charge in [-0.25, -0.2) is 8.42 Å². The van der Waals surface area contributed by atoms with E-state index in [9.17, 15) is 13.2 Å². The first-order valence-corrected chi connectivity index (χ1v) is 24.7. The van der Waals surface area contributed by atoms with Gasteiger partial charge in [-0.1, -0.05) is 189 Å². The molecule has 6 nitrogen and oxygen atoms in total. The molecule has 0 heterocycles. The van der Waals surface area contributed by atoms with Gasteiger partial charge in [0.05, 0.1) is 18.2 Å². The monoisotopic (exact) mass is 999 g/mol. The van der Waals surface area contributed by atoms with E-state index in [0.717, 1.165) is 18.5 Å². The number of hydrogen-bond acceptors (Lipinski definition) is 6. The van der Waals surface area contributed by atoms with Crippen molar-refractivity contribution in [3.8, 4) is 18.2 Å². The third-order valence-electron chi connectivity index (χ3n) is 8.31. The summed E-state index contributed by atoms with van der Waals surface area (Å²) in [7, 11) is -7.76. The van der Waals surface area contributed by atoms with Crippen LogP contribution >= 0.6 is 23.8 Å². The van der Waals surface area contributed by atoms with Crippen molar-refractivity contribution in [3.63, 3.8) is 0 Å². The quantitative estimate of drug-likeness (QED) is 0.0520. The van der Waals surface area contributed by atoms with E-state index in [2.05, 4.69) is 189 Å². The molecule has 6 aromatic rings. The third kappa shape index (κ3) is 19.6. The van der Waals surface area contributed by atoms with Gasteiger partial charge in [-0.2, -0.15) is 29.0 Å². The predicted octanol–water partition coefficient (Wildman–Crippen LogP) is 10.0. The van der Waals surface area contributed by atoms with Gasteiger partial charge < -0.3 is 4.55 Å². The van der Waals surface area contributed by atoms with E-state index in [4.69, 9.17) is 28.8 Å². The van der Waals surface area contributed by atoms with Gasteiger partial charge in [-0.05, 0) is 79.5 Å². The number of hydrogen-bond donors (Lipinski definition) is 0. The number of nitrogens with zero attached hydrogens (tertiary/aromatic N) is 3. The molecule has 0 aromatic heterocycles. The maximum absolute atomic E-state index is 10.7. The second-order valence-electron chi connectivity index (χ2n) is 13.2. The van der Waals surface area contributed by atoms with Crippen molar-refractivity contribution in [1.82, 2.24) is 0 Å². The van der Waals surface area contributed by atoms with E-state index in [1.54, 1.807) is 18.2 Å². The fraction of sp³-hybridized carbons (Fsp3) is 0.188. The molecule has 325 valence electrons. The Kier molecular flexibility index (Phi) is 26.5.